The van der Waals surface area contributed by atoms with E-state index in [1.165, 1.54) is 12.8 Å². The molecule has 0 spiro atoms. The fraction of sp³-hybridized carbons (Fsp3) is 1.00. The van der Waals surface area contributed by atoms with E-state index in [2.05, 4.69) is 46.9 Å². The van der Waals surface area contributed by atoms with Crippen molar-refractivity contribution < 1.29 is 0 Å². The highest BCUT2D eigenvalue weighted by Crippen LogP contribution is 2.14. The minimum absolute atomic E-state index is 0.254. The second-order valence-corrected chi connectivity index (χ2v) is 4.79. The van der Waals surface area contributed by atoms with Gasteiger partial charge in [0.25, 0.3) is 0 Å². The molecule has 12 heavy (non-hydrogen) atoms. The predicted molar refractivity (Wildman–Crippen MR) is 56.4 cm³/mol. The second kappa shape index (κ2) is 4.86. The third-order valence-corrected chi connectivity index (χ3v) is 2.39. The highest BCUT2D eigenvalue weighted by atomic mass is 15.0. The first kappa shape index (κ1) is 12.0. The topological polar surface area (TPSA) is 12.0 Å². The van der Waals surface area contributed by atoms with Gasteiger partial charge in [-0.25, -0.2) is 0 Å². The maximum absolute atomic E-state index is 3.66. The lowest BCUT2D eigenvalue weighted by atomic mass is 9.94. The summed E-state index contributed by atoms with van der Waals surface area (Å²) in [7, 11) is 0. The van der Waals surface area contributed by atoms with E-state index in [1.54, 1.807) is 0 Å². The molecule has 0 rings (SSSR count). The molecule has 0 aliphatic carbocycles. The summed E-state index contributed by atoms with van der Waals surface area (Å²) in [4.78, 5) is 0. The van der Waals surface area contributed by atoms with Crippen molar-refractivity contribution in [2.45, 2.75) is 66.0 Å². The van der Waals surface area contributed by atoms with Gasteiger partial charge >= 0.3 is 0 Å². The summed E-state index contributed by atoms with van der Waals surface area (Å²) in [6, 6.07) is 0.676. The maximum atomic E-state index is 3.66. The van der Waals surface area contributed by atoms with Crippen LogP contribution in [0.3, 0.4) is 0 Å². The van der Waals surface area contributed by atoms with E-state index in [9.17, 15) is 0 Å². The van der Waals surface area contributed by atoms with E-state index < -0.39 is 0 Å². The van der Waals surface area contributed by atoms with Crippen LogP contribution in [0.1, 0.15) is 54.4 Å². The lowest BCUT2D eigenvalue weighted by Gasteiger charge is -2.31. The molecule has 0 bridgehead atoms. The molecular formula is C11H25N. The van der Waals surface area contributed by atoms with Crippen molar-refractivity contribution in [1.29, 1.82) is 0 Å². The molecule has 0 aromatic heterocycles. The first-order valence-corrected chi connectivity index (χ1v) is 5.18. The first-order chi connectivity index (χ1) is 5.40. The third-order valence-electron chi connectivity index (χ3n) is 2.39. The molecule has 0 aliphatic heterocycles. The zero-order valence-corrected chi connectivity index (χ0v) is 9.57. The van der Waals surface area contributed by atoms with Gasteiger partial charge in [-0.3, -0.25) is 0 Å². The summed E-state index contributed by atoms with van der Waals surface area (Å²) in [5.41, 5.74) is 0.254. The summed E-state index contributed by atoms with van der Waals surface area (Å²) >= 11 is 0. The molecule has 0 saturated heterocycles. The van der Waals surface area contributed by atoms with Gasteiger partial charge in [0.2, 0.25) is 0 Å². The Labute approximate surface area is 77.9 Å². The van der Waals surface area contributed by atoms with Gasteiger partial charge in [-0.05, 0) is 33.1 Å². The van der Waals surface area contributed by atoms with Crippen LogP contribution in [-0.4, -0.2) is 11.6 Å². The average molecular weight is 171 g/mol. The number of hydrogen-bond donors (Lipinski definition) is 1. The van der Waals surface area contributed by atoms with E-state index in [4.69, 9.17) is 0 Å². The van der Waals surface area contributed by atoms with Crippen LogP contribution >= 0.6 is 0 Å². The molecule has 0 aliphatic rings. The van der Waals surface area contributed by atoms with Gasteiger partial charge in [-0.1, -0.05) is 27.2 Å². The molecule has 1 nitrogen and oxygen atoms in total. The van der Waals surface area contributed by atoms with Crippen LogP contribution in [-0.2, 0) is 0 Å². The molecule has 0 amide bonds. The van der Waals surface area contributed by atoms with Gasteiger partial charge < -0.3 is 5.32 Å². The van der Waals surface area contributed by atoms with Gasteiger partial charge in [0.1, 0.15) is 0 Å². The van der Waals surface area contributed by atoms with E-state index in [0.29, 0.717) is 6.04 Å². The van der Waals surface area contributed by atoms with Crippen molar-refractivity contribution >= 4 is 0 Å². The van der Waals surface area contributed by atoms with Crippen LogP contribution < -0.4 is 5.32 Å². The fourth-order valence-corrected chi connectivity index (χ4v) is 1.49. The number of rotatable bonds is 4. The van der Waals surface area contributed by atoms with Crippen LogP contribution in [0.4, 0.5) is 0 Å². The summed E-state index contributed by atoms with van der Waals surface area (Å²) in [6.45, 7) is 13.5. The zero-order chi connectivity index (χ0) is 9.78. The Hall–Kier alpha value is -0.0400. The molecule has 0 saturated carbocycles. The largest absolute Gasteiger partial charge is 0.309 e. The van der Waals surface area contributed by atoms with Crippen LogP contribution in [0.5, 0.6) is 0 Å². The van der Waals surface area contributed by atoms with E-state index in [1.807, 2.05) is 0 Å². The predicted octanol–water partition coefficient (Wildman–Crippen LogP) is 3.20. The normalized spacial score (nSPS) is 17.5. The summed E-state index contributed by atoms with van der Waals surface area (Å²) < 4.78 is 0. The Morgan fingerprint density at radius 1 is 1.08 bits per heavy atom. The van der Waals surface area contributed by atoms with E-state index in [0.717, 1.165) is 5.92 Å². The number of nitrogens with one attached hydrogen (secondary N) is 1. The minimum Gasteiger partial charge on any atom is -0.309 e. The molecule has 1 heteroatoms. The van der Waals surface area contributed by atoms with Crippen LogP contribution in [0.2, 0.25) is 0 Å². The van der Waals surface area contributed by atoms with Crippen molar-refractivity contribution in [3.05, 3.63) is 0 Å². The standard InChI is InChI=1S/C11H25N/c1-7-9(3)10(8-2)12-11(4,5)6/h9-10,12H,7-8H2,1-6H3. The lowest BCUT2D eigenvalue weighted by molar-refractivity contribution is 0.280. The minimum atomic E-state index is 0.254. The van der Waals surface area contributed by atoms with Gasteiger partial charge in [-0.2, -0.15) is 0 Å². The van der Waals surface area contributed by atoms with Crippen molar-refractivity contribution in [2.75, 3.05) is 0 Å². The molecule has 74 valence electrons. The second-order valence-electron chi connectivity index (χ2n) is 4.79. The molecular weight excluding hydrogens is 146 g/mol. The van der Waals surface area contributed by atoms with Crippen molar-refractivity contribution in [2.24, 2.45) is 5.92 Å². The van der Waals surface area contributed by atoms with Crippen LogP contribution in [0, 0.1) is 5.92 Å². The Kier molecular flexibility index (Phi) is 4.84. The average Bonchev–Trinajstić information content (AvgIpc) is 1.97. The zero-order valence-electron chi connectivity index (χ0n) is 9.57. The Morgan fingerprint density at radius 2 is 1.58 bits per heavy atom. The highest BCUT2D eigenvalue weighted by Gasteiger charge is 2.19. The van der Waals surface area contributed by atoms with Crippen molar-refractivity contribution in [3.63, 3.8) is 0 Å². The van der Waals surface area contributed by atoms with Gasteiger partial charge in [0, 0.05) is 11.6 Å². The Bertz CT molecular complexity index is 113. The Balaban J connectivity index is 3.99. The number of hydrogen-bond acceptors (Lipinski definition) is 1. The monoisotopic (exact) mass is 171 g/mol. The maximum Gasteiger partial charge on any atom is 0.00992 e. The molecule has 0 fully saturated rings. The van der Waals surface area contributed by atoms with E-state index >= 15 is 0 Å². The van der Waals surface area contributed by atoms with E-state index in [-0.39, 0.29) is 5.54 Å². The third kappa shape index (κ3) is 4.76. The lowest BCUT2D eigenvalue weighted by Crippen LogP contribution is -2.46. The van der Waals surface area contributed by atoms with Crippen LogP contribution in [0.25, 0.3) is 0 Å². The summed E-state index contributed by atoms with van der Waals surface area (Å²) in [6.07, 6.45) is 2.49. The van der Waals surface area contributed by atoms with Crippen LogP contribution in [0.15, 0.2) is 0 Å². The molecule has 0 heterocycles. The molecule has 0 aromatic rings. The highest BCUT2D eigenvalue weighted by molar-refractivity contribution is 4.79. The first-order valence-electron chi connectivity index (χ1n) is 5.18. The SMILES string of the molecule is CCC(C)C(CC)NC(C)(C)C. The van der Waals surface area contributed by atoms with Gasteiger partial charge in [0.15, 0.2) is 0 Å². The molecule has 2 unspecified atom stereocenters. The summed E-state index contributed by atoms with van der Waals surface area (Å²) in [5, 5.41) is 3.66. The molecule has 0 aromatic carbocycles. The fourth-order valence-electron chi connectivity index (χ4n) is 1.49. The van der Waals surface area contributed by atoms with Crippen molar-refractivity contribution in [3.8, 4) is 0 Å². The Morgan fingerprint density at radius 3 is 1.83 bits per heavy atom. The molecule has 2 atom stereocenters. The molecule has 0 radical (unpaired) electrons. The van der Waals surface area contributed by atoms with Crippen molar-refractivity contribution in [1.82, 2.24) is 5.32 Å². The quantitative estimate of drug-likeness (QED) is 0.685. The molecule has 1 N–H and O–H groups in total. The van der Waals surface area contributed by atoms with Gasteiger partial charge in [-0.15, -0.1) is 0 Å². The summed E-state index contributed by atoms with van der Waals surface area (Å²) in [5.74, 6) is 0.786. The smallest absolute Gasteiger partial charge is 0.00992 e. The van der Waals surface area contributed by atoms with Gasteiger partial charge in [0.05, 0.1) is 0 Å².